The van der Waals surface area contributed by atoms with Crippen molar-refractivity contribution in [1.82, 2.24) is 4.98 Å². The first-order chi connectivity index (χ1) is 14.3. The number of nitrogens with one attached hydrogen (secondary N) is 2. The number of thioether (sulfide) groups is 1. The summed E-state index contributed by atoms with van der Waals surface area (Å²) in [6, 6.07) is 10.5. The van der Waals surface area contributed by atoms with Gasteiger partial charge in [0.05, 0.1) is 5.75 Å². The SMILES string of the molecule is CC(=O)SCC(=O)c1ccc(NSc2ccc(NC(=O)CCCC(=O)O)cc2)nc1. The Hall–Kier alpha value is -2.85. The standard InChI is InChI=1S/C20H21N3O5S2/c1-13(24)29-12-17(25)14-5-10-18(21-11-14)23-30-16-8-6-15(7-9-16)22-19(26)3-2-4-20(27)28/h5-11H,2-4,12H2,1H3,(H,21,23)(H,22,26)(H,27,28). The van der Waals surface area contributed by atoms with Crippen molar-refractivity contribution in [1.29, 1.82) is 0 Å². The van der Waals surface area contributed by atoms with E-state index in [1.165, 1.54) is 25.1 Å². The fraction of sp³-hybridized carbons (Fsp3) is 0.250. The third kappa shape index (κ3) is 8.66. The molecule has 0 spiro atoms. The van der Waals surface area contributed by atoms with Gasteiger partial charge in [-0.05, 0) is 54.8 Å². The number of anilines is 2. The minimum Gasteiger partial charge on any atom is -0.481 e. The molecule has 1 heterocycles. The highest BCUT2D eigenvalue weighted by molar-refractivity contribution is 8.14. The number of pyridine rings is 1. The molecule has 0 unspecified atom stereocenters. The fourth-order valence-electron chi connectivity index (χ4n) is 2.21. The van der Waals surface area contributed by atoms with Crippen LogP contribution in [0.3, 0.4) is 0 Å². The minimum absolute atomic E-state index is 0.0325. The van der Waals surface area contributed by atoms with Gasteiger partial charge in [0.15, 0.2) is 10.9 Å². The van der Waals surface area contributed by atoms with Gasteiger partial charge >= 0.3 is 5.97 Å². The number of aromatic nitrogens is 1. The molecule has 0 aliphatic heterocycles. The number of carbonyl (C=O) groups is 4. The van der Waals surface area contributed by atoms with Crippen molar-refractivity contribution in [3.8, 4) is 0 Å². The van der Waals surface area contributed by atoms with Gasteiger partial charge in [-0.25, -0.2) is 4.98 Å². The third-order valence-electron chi connectivity index (χ3n) is 3.70. The second-order valence-electron chi connectivity index (χ2n) is 6.16. The van der Waals surface area contributed by atoms with Crippen LogP contribution in [-0.4, -0.2) is 38.6 Å². The normalized spacial score (nSPS) is 10.3. The zero-order valence-electron chi connectivity index (χ0n) is 16.2. The monoisotopic (exact) mass is 447 g/mol. The molecule has 1 aromatic heterocycles. The number of rotatable bonds is 11. The molecule has 0 saturated carbocycles. The average Bonchev–Trinajstić information content (AvgIpc) is 2.71. The summed E-state index contributed by atoms with van der Waals surface area (Å²) in [6.45, 7) is 1.42. The van der Waals surface area contributed by atoms with Crippen LogP contribution in [0.15, 0.2) is 47.5 Å². The lowest BCUT2D eigenvalue weighted by molar-refractivity contribution is -0.137. The van der Waals surface area contributed by atoms with Crippen LogP contribution in [0.2, 0.25) is 0 Å². The van der Waals surface area contributed by atoms with E-state index in [1.54, 1.807) is 24.3 Å². The molecule has 0 saturated heterocycles. The molecule has 2 aromatic rings. The number of aliphatic carboxylic acids is 1. The number of carboxylic acids is 1. The van der Waals surface area contributed by atoms with Crippen molar-refractivity contribution in [2.24, 2.45) is 0 Å². The van der Waals surface area contributed by atoms with Crippen LogP contribution in [-0.2, 0) is 14.4 Å². The van der Waals surface area contributed by atoms with E-state index in [0.29, 0.717) is 23.5 Å². The molecule has 10 heteroatoms. The van der Waals surface area contributed by atoms with E-state index in [9.17, 15) is 19.2 Å². The van der Waals surface area contributed by atoms with Gasteiger partial charge in [-0.2, -0.15) is 0 Å². The van der Waals surface area contributed by atoms with Crippen molar-refractivity contribution in [3.63, 3.8) is 0 Å². The number of amides is 1. The molecule has 0 bridgehead atoms. The van der Waals surface area contributed by atoms with Gasteiger partial charge in [-0.15, -0.1) is 0 Å². The molecule has 0 radical (unpaired) electrons. The topological polar surface area (TPSA) is 125 Å². The van der Waals surface area contributed by atoms with E-state index in [4.69, 9.17) is 5.11 Å². The first-order valence-electron chi connectivity index (χ1n) is 9.00. The predicted molar refractivity (Wildman–Crippen MR) is 118 cm³/mol. The van der Waals surface area contributed by atoms with Gasteiger partial charge in [0, 0.05) is 42.1 Å². The highest BCUT2D eigenvalue weighted by Gasteiger charge is 2.09. The fourth-order valence-corrected chi connectivity index (χ4v) is 3.33. The summed E-state index contributed by atoms with van der Waals surface area (Å²) >= 11 is 2.29. The van der Waals surface area contributed by atoms with Crippen molar-refractivity contribution >= 4 is 58.0 Å². The van der Waals surface area contributed by atoms with E-state index >= 15 is 0 Å². The summed E-state index contributed by atoms with van der Waals surface area (Å²) in [5.74, 6) is -0.621. The van der Waals surface area contributed by atoms with Crippen molar-refractivity contribution in [2.75, 3.05) is 15.8 Å². The predicted octanol–water partition coefficient (Wildman–Crippen LogP) is 3.86. The Morgan fingerprint density at radius 2 is 1.77 bits per heavy atom. The number of nitrogens with zero attached hydrogens (tertiary/aromatic N) is 1. The van der Waals surface area contributed by atoms with Crippen LogP contribution < -0.4 is 10.0 Å². The van der Waals surface area contributed by atoms with Gasteiger partial charge in [0.25, 0.3) is 0 Å². The molecule has 0 aliphatic carbocycles. The Balaban J connectivity index is 1.79. The first-order valence-corrected chi connectivity index (χ1v) is 10.8. The van der Waals surface area contributed by atoms with Crippen LogP contribution >= 0.6 is 23.7 Å². The van der Waals surface area contributed by atoms with E-state index in [1.807, 2.05) is 12.1 Å². The summed E-state index contributed by atoms with van der Waals surface area (Å²) in [5.41, 5.74) is 1.08. The van der Waals surface area contributed by atoms with Crippen LogP contribution in [0, 0.1) is 0 Å². The number of carboxylic acid groups (broad SMARTS) is 1. The minimum atomic E-state index is -0.917. The Morgan fingerprint density at radius 1 is 1.03 bits per heavy atom. The van der Waals surface area contributed by atoms with Gasteiger partial charge in [0.2, 0.25) is 5.91 Å². The maximum atomic E-state index is 11.9. The quantitative estimate of drug-likeness (QED) is 0.348. The molecule has 2 rings (SSSR count). The summed E-state index contributed by atoms with van der Waals surface area (Å²) in [7, 11) is 0. The van der Waals surface area contributed by atoms with Gasteiger partial charge in [-0.1, -0.05) is 11.8 Å². The number of hydrogen-bond acceptors (Lipinski definition) is 8. The van der Waals surface area contributed by atoms with Crippen LogP contribution in [0.1, 0.15) is 36.5 Å². The van der Waals surface area contributed by atoms with Gasteiger partial charge in [0.1, 0.15) is 5.82 Å². The Bertz CT molecular complexity index is 902. The lowest BCUT2D eigenvalue weighted by Crippen LogP contribution is -2.11. The third-order valence-corrected chi connectivity index (χ3v) is 5.33. The Labute approximate surface area is 182 Å². The van der Waals surface area contributed by atoms with Crippen LogP contribution in [0.4, 0.5) is 11.5 Å². The van der Waals surface area contributed by atoms with Crippen LogP contribution in [0.5, 0.6) is 0 Å². The van der Waals surface area contributed by atoms with E-state index in [2.05, 4.69) is 15.0 Å². The largest absolute Gasteiger partial charge is 0.481 e. The molecule has 0 atom stereocenters. The molecule has 158 valence electrons. The number of ketones is 1. The zero-order valence-corrected chi connectivity index (χ0v) is 17.8. The molecule has 30 heavy (non-hydrogen) atoms. The number of benzene rings is 1. The molecule has 3 N–H and O–H groups in total. The average molecular weight is 448 g/mol. The van der Waals surface area contributed by atoms with Crippen LogP contribution in [0.25, 0.3) is 0 Å². The molecule has 8 nitrogen and oxygen atoms in total. The maximum absolute atomic E-state index is 11.9. The van der Waals surface area contributed by atoms with E-state index in [0.717, 1.165) is 16.7 Å². The number of Topliss-reactive ketones (excluding diaryl/α,β-unsaturated/α-hetero) is 1. The second kappa shape index (κ2) is 12.0. The molecular weight excluding hydrogens is 426 g/mol. The Kier molecular flexibility index (Phi) is 9.36. The van der Waals surface area contributed by atoms with Gasteiger partial charge < -0.3 is 15.1 Å². The Morgan fingerprint density at radius 3 is 2.37 bits per heavy atom. The molecular formula is C20H21N3O5S2. The summed E-state index contributed by atoms with van der Waals surface area (Å²) in [4.78, 5) is 50.2. The smallest absolute Gasteiger partial charge is 0.303 e. The lowest BCUT2D eigenvalue weighted by Gasteiger charge is -2.08. The van der Waals surface area contributed by atoms with Gasteiger partial charge in [-0.3, -0.25) is 19.2 Å². The number of hydrogen-bond donors (Lipinski definition) is 3. The van der Waals surface area contributed by atoms with E-state index in [-0.39, 0.29) is 35.4 Å². The summed E-state index contributed by atoms with van der Waals surface area (Å²) < 4.78 is 3.07. The summed E-state index contributed by atoms with van der Waals surface area (Å²) in [5, 5.41) is 11.2. The van der Waals surface area contributed by atoms with Crippen molar-refractivity contribution in [3.05, 3.63) is 48.2 Å². The maximum Gasteiger partial charge on any atom is 0.303 e. The second-order valence-corrected chi connectivity index (χ2v) is 8.19. The summed E-state index contributed by atoms with van der Waals surface area (Å²) in [6.07, 6.45) is 1.89. The first kappa shape index (κ1) is 23.4. The highest BCUT2D eigenvalue weighted by Crippen LogP contribution is 2.22. The molecule has 1 amide bonds. The number of carbonyl (C=O) groups excluding carboxylic acids is 3. The molecule has 0 fully saturated rings. The zero-order chi connectivity index (χ0) is 21.9. The molecule has 1 aromatic carbocycles. The van der Waals surface area contributed by atoms with E-state index < -0.39 is 5.97 Å². The lowest BCUT2D eigenvalue weighted by atomic mass is 10.2. The highest BCUT2D eigenvalue weighted by atomic mass is 32.2. The van der Waals surface area contributed by atoms with Crippen molar-refractivity contribution in [2.45, 2.75) is 31.1 Å². The van der Waals surface area contributed by atoms with Crippen molar-refractivity contribution < 1.29 is 24.3 Å². The molecule has 0 aliphatic rings.